The summed E-state index contributed by atoms with van der Waals surface area (Å²) in [7, 11) is 0. The van der Waals surface area contributed by atoms with E-state index < -0.39 is 6.04 Å². The van der Waals surface area contributed by atoms with Gasteiger partial charge in [0.25, 0.3) is 5.91 Å². The highest BCUT2D eigenvalue weighted by atomic mass is 16.2. The summed E-state index contributed by atoms with van der Waals surface area (Å²) in [6.07, 6.45) is 1.63. The second-order valence-electron chi connectivity index (χ2n) is 6.73. The van der Waals surface area contributed by atoms with E-state index in [1.54, 1.807) is 11.0 Å². The number of imide groups is 1. The van der Waals surface area contributed by atoms with Gasteiger partial charge in [0.15, 0.2) is 0 Å². The summed E-state index contributed by atoms with van der Waals surface area (Å²) in [4.78, 5) is 37.7. The Morgan fingerprint density at radius 3 is 2.79 bits per heavy atom. The van der Waals surface area contributed by atoms with E-state index in [0.29, 0.717) is 31.1 Å². The van der Waals surface area contributed by atoms with Crippen LogP contribution in [0.2, 0.25) is 0 Å². The second kappa shape index (κ2) is 5.68. The van der Waals surface area contributed by atoms with Gasteiger partial charge in [-0.2, -0.15) is 0 Å². The molecule has 1 unspecified atom stereocenters. The second-order valence-corrected chi connectivity index (χ2v) is 6.73. The molecule has 7 heteroatoms. The number of benzene rings is 1. The van der Waals surface area contributed by atoms with Crippen LogP contribution in [0.1, 0.15) is 40.7 Å². The lowest BCUT2D eigenvalue weighted by Gasteiger charge is -2.29. The Labute approximate surface area is 139 Å². The Hall–Kier alpha value is -2.25. The van der Waals surface area contributed by atoms with Crippen molar-refractivity contribution in [3.05, 3.63) is 34.9 Å². The normalized spacial score (nSPS) is 28.8. The fraction of sp³-hybridized carbons (Fsp3) is 0.471. The van der Waals surface area contributed by atoms with Gasteiger partial charge in [-0.3, -0.25) is 19.7 Å². The number of amides is 3. The summed E-state index contributed by atoms with van der Waals surface area (Å²) in [5, 5.41) is 5.72. The number of carbonyl (C=O) groups is 3. The highest BCUT2D eigenvalue weighted by Crippen LogP contribution is 2.30. The average molecular weight is 328 g/mol. The molecule has 1 aromatic carbocycles. The summed E-state index contributed by atoms with van der Waals surface area (Å²) < 4.78 is 0. The summed E-state index contributed by atoms with van der Waals surface area (Å²) >= 11 is 0. The Kier molecular flexibility index (Phi) is 3.62. The maximum Gasteiger partial charge on any atom is 0.255 e. The van der Waals surface area contributed by atoms with Crippen LogP contribution in [0.3, 0.4) is 0 Å². The van der Waals surface area contributed by atoms with E-state index in [2.05, 4.69) is 10.6 Å². The van der Waals surface area contributed by atoms with Crippen molar-refractivity contribution in [2.75, 3.05) is 0 Å². The molecule has 2 aliphatic heterocycles. The third-order valence-electron chi connectivity index (χ3n) is 5.07. The van der Waals surface area contributed by atoms with Gasteiger partial charge in [-0.05, 0) is 30.0 Å². The summed E-state index contributed by atoms with van der Waals surface area (Å²) in [5.41, 5.74) is 8.50. The fourth-order valence-corrected chi connectivity index (χ4v) is 3.51. The highest BCUT2D eigenvalue weighted by molar-refractivity contribution is 6.05. The van der Waals surface area contributed by atoms with Crippen molar-refractivity contribution in [3.63, 3.8) is 0 Å². The van der Waals surface area contributed by atoms with E-state index >= 15 is 0 Å². The number of hydrogen-bond acceptors (Lipinski definition) is 5. The van der Waals surface area contributed by atoms with E-state index in [1.807, 2.05) is 12.1 Å². The van der Waals surface area contributed by atoms with Crippen LogP contribution >= 0.6 is 0 Å². The Balaban J connectivity index is 1.53. The van der Waals surface area contributed by atoms with Crippen molar-refractivity contribution in [2.45, 2.75) is 50.5 Å². The van der Waals surface area contributed by atoms with Gasteiger partial charge in [-0.15, -0.1) is 0 Å². The maximum absolute atomic E-state index is 12.7. The zero-order valence-electron chi connectivity index (χ0n) is 13.2. The Morgan fingerprint density at radius 1 is 1.29 bits per heavy atom. The third-order valence-corrected chi connectivity index (χ3v) is 5.07. The number of piperidine rings is 1. The predicted octanol–water partition coefficient (Wildman–Crippen LogP) is -0.363. The molecule has 24 heavy (non-hydrogen) atoms. The molecule has 7 nitrogen and oxygen atoms in total. The minimum Gasteiger partial charge on any atom is -0.326 e. The maximum atomic E-state index is 12.7. The van der Waals surface area contributed by atoms with Crippen LogP contribution in [0.25, 0.3) is 0 Å². The van der Waals surface area contributed by atoms with E-state index in [0.717, 1.165) is 17.5 Å². The van der Waals surface area contributed by atoms with Gasteiger partial charge in [-0.25, -0.2) is 0 Å². The fourth-order valence-electron chi connectivity index (χ4n) is 3.51. The minimum atomic E-state index is -0.569. The first kappa shape index (κ1) is 15.3. The molecular weight excluding hydrogens is 308 g/mol. The SMILES string of the molecule is N[C@@H]1C[C@H]1NCc1cccc2c1CN(C1CCC(=O)NC1=O)C2=O. The molecule has 1 saturated heterocycles. The molecule has 4 rings (SSSR count). The number of carbonyl (C=O) groups excluding carboxylic acids is 3. The molecule has 2 fully saturated rings. The molecule has 3 amide bonds. The number of nitrogens with one attached hydrogen (secondary N) is 2. The molecule has 2 heterocycles. The van der Waals surface area contributed by atoms with Gasteiger partial charge in [0.05, 0.1) is 0 Å². The lowest BCUT2D eigenvalue weighted by molar-refractivity contribution is -0.136. The van der Waals surface area contributed by atoms with Crippen LogP contribution in [0.4, 0.5) is 0 Å². The van der Waals surface area contributed by atoms with E-state index in [1.165, 1.54) is 0 Å². The molecule has 3 atom stereocenters. The minimum absolute atomic E-state index is 0.135. The molecule has 0 aromatic heterocycles. The van der Waals surface area contributed by atoms with Gasteiger partial charge in [0.1, 0.15) is 6.04 Å². The van der Waals surface area contributed by atoms with Crippen LogP contribution in [-0.2, 0) is 22.7 Å². The largest absolute Gasteiger partial charge is 0.326 e. The lowest BCUT2D eigenvalue weighted by atomic mass is 10.0. The molecule has 1 aromatic rings. The third kappa shape index (κ3) is 2.59. The zero-order chi connectivity index (χ0) is 16.8. The Bertz CT molecular complexity index is 733. The monoisotopic (exact) mass is 328 g/mol. The topological polar surface area (TPSA) is 105 Å². The van der Waals surface area contributed by atoms with Crippen LogP contribution in [0.15, 0.2) is 18.2 Å². The first-order valence-electron chi connectivity index (χ1n) is 8.29. The summed E-state index contributed by atoms with van der Waals surface area (Å²) in [5.74, 6) is -0.786. The van der Waals surface area contributed by atoms with Crippen LogP contribution in [0, 0.1) is 0 Å². The van der Waals surface area contributed by atoms with Crippen molar-refractivity contribution in [1.29, 1.82) is 0 Å². The molecule has 4 N–H and O–H groups in total. The van der Waals surface area contributed by atoms with Crippen molar-refractivity contribution in [1.82, 2.24) is 15.5 Å². The molecule has 0 radical (unpaired) electrons. The van der Waals surface area contributed by atoms with Crippen molar-refractivity contribution >= 4 is 17.7 Å². The molecule has 1 saturated carbocycles. The number of nitrogens with zero attached hydrogens (tertiary/aromatic N) is 1. The van der Waals surface area contributed by atoms with E-state index in [-0.39, 0.29) is 30.2 Å². The average Bonchev–Trinajstić information content (AvgIpc) is 3.16. The zero-order valence-corrected chi connectivity index (χ0v) is 13.2. The number of hydrogen-bond donors (Lipinski definition) is 3. The number of nitrogens with two attached hydrogens (primary N) is 1. The highest BCUT2D eigenvalue weighted by Gasteiger charge is 2.40. The van der Waals surface area contributed by atoms with Crippen molar-refractivity contribution < 1.29 is 14.4 Å². The molecule has 126 valence electrons. The number of rotatable bonds is 4. The van der Waals surface area contributed by atoms with Gasteiger partial charge in [0, 0.05) is 37.2 Å². The molecule has 3 aliphatic rings. The summed E-state index contributed by atoms with van der Waals surface area (Å²) in [6, 6.07) is 5.68. The molecular formula is C17H20N4O3. The Morgan fingerprint density at radius 2 is 2.08 bits per heavy atom. The van der Waals surface area contributed by atoms with Crippen LogP contribution < -0.4 is 16.4 Å². The van der Waals surface area contributed by atoms with Crippen molar-refractivity contribution in [3.8, 4) is 0 Å². The lowest BCUT2D eigenvalue weighted by Crippen LogP contribution is -2.52. The molecule has 1 aliphatic carbocycles. The van der Waals surface area contributed by atoms with Gasteiger partial charge >= 0.3 is 0 Å². The van der Waals surface area contributed by atoms with Crippen LogP contribution in [0.5, 0.6) is 0 Å². The quantitative estimate of drug-likeness (QED) is 0.655. The summed E-state index contributed by atoms with van der Waals surface area (Å²) in [6.45, 7) is 1.08. The number of fused-ring (bicyclic) bond motifs is 1. The first-order chi connectivity index (χ1) is 11.5. The van der Waals surface area contributed by atoms with Crippen molar-refractivity contribution in [2.24, 2.45) is 5.73 Å². The van der Waals surface area contributed by atoms with Gasteiger partial charge < -0.3 is 16.0 Å². The van der Waals surface area contributed by atoms with E-state index in [4.69, 9.17) is 5.73 Å². The smallest absolute Gasteiger partial charge is 0.255 e. The van der Waals surface area contributed by atoms with E-state index in [9.17, 15) is 14.4 Å². The van der Waals surface area contributed by atoms with Gasteiger partial charge in [-0.1, -0.05) is 12.1 Å². The molecule has 0 bridgehead atoms. The predicted molar refractivity (Wildman–Crippen MR) is 85.7 cm³/mol. The van der Waals surface area contributed by atoms with Gasteiger partial charge in [0.2, 0.25) is 11.8 Å². The standard InChI is InChI=1S/C17H20N4O3/c18-12-6-13(12)19-7-9-2-1-3-10-11(9)8-21(17(10)24)14-4-5-15(22)20-16(14)23/h1-3,12-14,19H,4-8,18H2,(H,20,22,23)/t12-,13-,14?/m1/s1. The van der Waals surface area contributed by atoms with Crippen LogP contribution in [-0.4, -0.2) is 40.7 Å². The molecule has 0 spiro atoms. The first-order valence-corrected chi connectivity index (χ1v) is 8.29.